The van der Waals surface area contributed by atoms with Gasteiger partial charge in [-0.1, -0.05) is 0 Å². The van der Waals surface area contributed by atoms with E-state index in [1.807, 2.05) is 4.90 Å². The summed E-state index contributed by atoms with van der Waals surface area (Å²) in [4.78, 5) is 13.5. The van der Waals surface area contributed by atoms with Gasteiger partial charge in [-0.05, 0) is 38.5 Å². The molecule has 2 rings (SSSR count). The van der Waals surface area contributed by atoms with Crippen LogP contribution in [0.4, 0.5) is 0 Å². The molecule has 0 aromatic carbocycles. The number of rotatable bonds is 4. The number of piperidine rings is 1. The van der Waals surface area contributed by atoms with Crippen molar-refractivity contribution in [3.63, 3.8) is 0 Å². The number of carbonyl (C=O) groups excluding carboxylic acids is 1. The molecule has 1 saturated heterocycles. The minimum Gasteiger partial charge on any atom is -0.376 e. The van der Waals surface area contributed by atoms with Gasteiger partial charge in [-0.15, -0.1) is 0 Å². The van der Waals surface area contributed by atoms with Crippen LogP contribution in [0, 0.1) is 0 Å². The highest BCUT2D eigenvalue weighted by molar-refractivity contribution is 5.76. The van der Waals surface area contributed by atoms with E-state index in [1.165, 1.54) is 0 Å². The smallest absolute Gasteiger partial charge is 0.222 e. The number of hydrogen-bond acceptors (Lipinski definition) is 3. The van der Waals surface area contributed by atoms with Gasteiger partial charge in [0.15, 0.2) is 0 Å². The summed E-state index contributed by atoms with van der Waals surface area (Å²) in [5.41, 5.74) is 5.85. The molecular formula is C13H24N2O2. The highest BCUT2D eigenvalue weighted by Gasteiger charge is 2.20. The molecule has 0 spiro atoms. The summed E-state index contributed by atoms with van der Waals surface area (Å²) >= 11 is 0. The van der Waals surface area contributed by atoms with Crippen LogP contribution < -0.4 is 5.73 Å². The lowest BCUT2D eigenvalue weighted by atomic mass is 9.94. The Bertz CT molecular complexity index is 250. The van der Waals surface area contributed by atoms with Gasteiger partial charge in [-0.25, -0.2) is 0 Å². The predicted molar refractivity (Wildman–Crippen MR) is 66.6 cm³/mol. The third-order valence-electron chi connectivity index (χ3n) is 3.86. The molecule has 0 aromatic rings. The topological polar surface area (TPSA) is 55.6 Å². The van der Waals surface area contributed by atoms with E-state index >= 15 is 0 Å². The lowest BCUT2D eigenvalue weighted by Gasteiger charge is -2.29. The number of likely N-dealkylation sites (tertiary alicyclic amines) is 1. The van der Waals surface area contributed by atoms with Crippen LogP contribution in [0.5, 0.6) is 0 Å². The molecule has 0 unspecified atom stereocenters. The Kier molecular flexibility index (Phi) is 4.80. The SMILES string of the molecule is NC1CCC(OCCN2CCCCC2=O)CC1. The Labute approximate surface area is 103 Å². The summed E-state index contributed by atoms with van der Waals surface area (Å²) in [6, 6.07) is 0.374. The Hall–Kier alpha value is -0.610. The molecule has 1 aliphatic heterocycles. The second kappa shape index (κ2) is 6.36. The first kappa shape index (κ1) is 12.8. The zero-order chi connectivity index (χ0) is 12.1. The van der Waals surface area contributed by atoms with Crippen LogP contribution in [0.25, 0.3) is 0 Å². The fourth-order valence-corrected chi connectivity index (χ4v) is 2.68. The van der Waals surface area contributed by atoms with Gasteiger partial charge in [0, 0.05) is 25.6 Å². The van der Waals surface area contributed by atoms with Crippen LogP contribution in [-0.2, 0) is 9.53 Å². The minimum atomic E-state index is 0.297. The number of nitrogens with two attached hydrogens (primary N) is 1. The third kappa shape index (κ3) is 3.96. The Morgan fingerprint density at radius 1 is 1.24 bits per heavy atom. The molecule has 0 aromatic heterocycles. The highest BCUT2D eigenvalue weighted by atomic mass is 16.5. The zero-order valence-electron chi connectivity index (χ0n) is 10.6. The third-order valence-corrected chi connectivity index (χ3v) is 3.86. The molecule has 1 heterocycles. The van der Waals surface area contributed by atoms with Crippen LogP contribution in [0.3, 0.4) is 0 Å². The van der Waals surface area contributed by atoms with E-state index < -0.39 is 0 Å². The van der Waals surface area contributed by atoms with Crippen LogP contribution in [0.2, 0.25) is 0 Å². The van der Waals surface area contributed by atoms with Crippen molar-refractivity contribution in [3.8, 4) is 0 Å². The molecule has 0 radical (unpaired) electrons. The lowest BCUT2D eigenvalue weighted by Crippen LogP contribution is -2.38. The van der Waals surface area contributed by atoms with Crippen molar-refractivity contribution >= 4 is 5.91 Å². The van der Waals surface area contributed by atoms with Crippen LogP contribution in [-0.4, -0.2) is 42.6 Å². The van der Waals surface area contributed by atoms with Gasteiger partial charge < -0.3 is 15.4 Å². The van der Waals surface area contributed by atoms with Gasteiger partial charge in [-0.3, -0.25) is 4.79 Å². The lowest BCUT2D eigenvalue weighted by molar-refractivity contribution is -0.134. The van der Waals surface area contributed by atoms with Gasteiger partial charge in [0.2, 0.25) is 5.91 Å². The molecule has 2 N–H and O–H groups in total. The average molecular weight is 240 g/mol. The number of nitrogens with zero attached hydrogens (tertiary/aromatic N) is 1. The van der Waals surface area contributed by atoms with Crippen LogP contribution in [0.15, 0.2) is 0 Å². The maximum atomic E-state index is 11.6. The van der Waals surface area contributed by atoms with Crippen molar-refractivity contribution in [1.29, 1.82) is 0 Å². The van der Waals surface area contributed by atoms with Crippen molar-refractivity contribution in [1.82, 2.24) is 4.90 Å². The summed E-state index contributed by atoms with van der Waals surface area (Å²) in [6.45, 7) is 2.37. The maximum Gasteiger partial charge on any atom is 0.222 e. The average Bonchev–Trinajstić information content (AvgIpc) is 2.34. The highest BCUT2D eigenvalue weighted by Crippen LogP contribution is 2.19. The van der Waals surface area contributed by atoms with E-state index in [1.54, 1.807) is 0 Å². The second-order valence-electron chi connectivity index (χ2n) is 5.25. The molecule has 1 saturated carbocycles. The Balaban J connectivity index is 1.60. The summed E-state index contributed by atoms with van der Waals surface area (Å²) in [5.74, 6) is 0.297. The monoisotopic (exact) mass is 240 g/mol. The number of ether oxygens (including phenoxy) is 1. The number of amides is 1. The first-order valence-corrected chi connectivity index (χ1v) is 6.90. The Morgan fingerprint density at radius 3 is 2.71 bits per heavy atom. The van der Waals surface area contributed by atoms with Crippen molar-refractivity contribution in [2.45, 2.75) is 57.1 Å². The van der Waals surface area contributed by atoms with E-state index in [2.05, 4.69) is 0 Å². The molecule has 2 aliphatic rings. The van der Waals surface area contributed by atoms with E-state index in [4.69, 9.17) is 10.5 Å². The van der Waals surface area contributed by atoms with E-state index in [0.29, 0.717) is 24.7 Å². The van der Waals surface area contributed by atoms with Gasteiger partial charge in [0.25, 0.3) is 0 Å². The quantitative estimate of drug-likeness (QED) is 0.805. The van der Waals surface area contributed by atoms with Gasteiger partial charge in [0.05, 0.1) is 12.7 Å². The number of hydrogen-bond donors (Lipinski definition) is 1. The summed E-state index contributed by atoms with van der Waals surface area (Å²) in [7, 11) is 0. The first-order chi connectivity index (χ1) is 8.25. The molecule has 0 atom stereocenters. The van der Waals surface area contributed by atoms with Crippen molar-refractivity contribution in [2.24, 2.45) is 5.73 Å². The Morgan fingerprint density at radius 2 is 2.00 bits per heavy atom. The maximum absolute atomic E-state index is 11.6. The molecule has 98 valence electrons. The number of carbonyl (C=O) groups is 1. The molecular weight excluding hydrogens is 216 g/mol. The normalized spacial score (nSPS) is 30.6. The van der Waals surface area contributed by atoms with Gasteiger partial charge in [0.1, 0.15) is 0 Å². The van der Waals surface area contributed by atoms with Crippen molar-refractivity contribution in [3.05, 3.63) is 0 Å². The van der Waals surface area contributed by atoms with E-state index in [-0.39, 0.29) is 0 Å². The molecule has 1 aliphatic carbocycles. The standard InChI is InChI=1S/C13H24N2O2/c14-11-4-6-12(7-5-11)17-10-9-15-8-2-1-3-13(15)16/h11-12H,1-10,14H2. The summed E-state index contributed by atoms with van der Waals surface area (Å²) in [6.07, 6.45) is 7.60. The second-order valence-corrected chi connectivity index (χ2v) is 5.25. The molecule has 2 fully saturated rings. The van der Waals surface area contributed by atoms with Crippen molar-refractivity contribution in [2.75, 3.05) is 19.7 Å². The molecule has 4 heteroatoms. The van der Waals surface area contributed by atoms with Crippen LogP contribution in [0.1, 0.15) is 44.9 Å². The van der Waals surface area contributed by atoms with Gasteiger partial charge >= 0.3 is 0 Å². The summed E-state index contributed by atoms with van der Waals surface area (Å²) < 4.78 is 5.83. The van der Waals surface area contributed by atoms with E-state index in [0.717, 1.165) is 58.0 Å². The predicted octanol–water partition coefficient (Wildman–Crippen LogP) is 1.29. The fourth-order valence-electron chi connectivity index (χ4n) is 2.68. The minimum absolute atomic E-state index is 0.297. The largest absolute Gasteiger partial charge is 0.376 e. The summed E-state index contributed by atoms with van der Waals surface area (Å²) in [5, 5.41) is 0. The first-order valence-electron chi connectivity index (χ1n) is 6.90. The van der Waals surface area contributed by atoms with Gasteiger partial charge in [-0.2, -0.15) is 0 Å². The van der Waals surface area contributed by atoms with Crippen LogP contribution >= 0.6 is 0 Å². The molecule has 1 amide bonds. The van der Waals surface area contributed by atoms with E-state index in [9.17, 15) is 4.79 Å². The zero-order valence-corrected chi connectivity index (χ0v) is 10.6. The van der Waals surface area contributed by atoms with Crippen molar-refractivity contribution < 1.29 is 9.53 Å². The molecule has 4 nitrogen and oxygen atoms in total. The molecule has 17 heavy (non-hydrogen) atoms. The fraction of sp³-hybridized carbons (Fsp3) is 0.923. The molecule has 0 bridgehead atoms.